The van der Waals surface area contributed by atoms with Gasteiger partial charge in [-0.05, 0) is 37.1 Å². The largest absolute Gasteiger partial charge is 0.305 e. The summed E-state index contributed by atoms with van der Waals surface area (Å²) < 4.78 is 0. The van der Waals surface area contributed by atoms with Crippen molar-refractivity contribution in [2.75, 3.05) is 33.7 Å². The predicted molar refractivity (Wildman–Crippen MR) is 92.7 cm³/mol. The van der Waals surface area contributed by atoms with Crippen molar-refractivity contribution in [3.8, 4) is 0 Å². The minimum atomic E-state index is 0.235. The van der Waals surface area contributed by atoms with E-state index in [2.05, 4.69) is 81.1 Å². The molecule has 116 valence electrons. The Labute approximate surface area is 130 Å². The summed E-state index contributed by atoms with van der Waals surface area (Å²) >= 11 is 0. The molecule has 1 atom stereocenters. The summed E-state index contributed by atoms with van der Waals surface area (Å²) in [7, 11) is 4.36. The number of hydrogen-bond donors (Lipinski definition) is 0. The Bertz CT molecular complexity index is 465. The molecule has 0 amide bonds. The van der Waals surface area contributed by atoms with Crippen molar-refractivity contribution in [2.45, 2.75) is 38.6 Å². The van der Waals surface area contributed by atoms with Crippen molar-refractivity contribution in [3.05, 3.63) is 41.5 Å². The highest BCUT2D eigenvalue weighted by atomic mass is 15.2. The van der Waals surface area contributed by atoms with E-state index in [0.29, 0.717) is 0 Å². The van der Waals surface area contributed by atoms with E-state index in [4.69, 9.17) is 0 Å². The van der Waals surface area contributed by atoms with Crippen LogP contribution in [0.15, 0.2) is 30.3 Å². The molecule has 2 nitrogen and oxygen atoms in total. The third-order valence-corrected chi connectivity index (χ3v) is 4.43. The molecule has 1 fully saturated rings. The van der Waals surface area contributed by atoms with Crippen LogP contribution >= 0.6 is 0 Å². The highest BCUT2D eigenvalue weighted by Crippen LogP contribution is 2.22. The second kappa shape index (κ2) is 6.76. The Morgan fingerprint density at radius 3 is 2.38 bits per heavy atom. The average Bonchev–Trinajstić information content (AvgIpc) is 2.87. The van der Waals surface area contributed by atoms with Gasteiger partial charge in [-0.3, -0.25) is 4.90 Å². The van der Waals surface area contributed by atoms with Crippen LogP contribution in [0.2, 0.25) is 0 Å². The van der Waals surface area contributed by atoms with Crippen LogP contribution in [0.5, 0.6) is 0 Å². The third-order valence-electron chi connectivity index (χ3n) is 4.43. The zero-order valence-electron chi connectivity index (χ0n) is 14.3. The second-order valence-electron chi connectivity index (χ2n) is 7.44. The quantitative estimate of drug-likeness (QED) is 0.834. The fourth-order valence-electron chi connectivity index (χ4n) is 2.83. The van der Waals surface area contributed by atoms with Gasteiger partial charge in [0.2, 0.25) is 0 Å². The van der Waals surface area contributed by atoms with E-state index in [1.807, 2.05) is 0 Å². The normalized spacial score (nSPS) is 20.8. The number of likely N-dealkylation sites (tertiary alicyclic amines) is 1. The lowest BCUT2D eigenvalue weighted by molar-refractivity contribution is 0.280. The lowest BCUT2D eigenvalue weighted by Gasteiger charge is -2.19. The number of benzene rings is 1. The molecular formula is C19H30N2. The summed E-state index contributed by atoms with van der Waals surface area (Å²) in [5.74, 6) is 0. The predicted octanol–water partition coefficient (Wildman–Crippen LogP) is 3.63. The van der Waals surface area contributed by atoms with E-state index >= 15 is 0 Å². The van der Waals surface area contributed by atoms with Crippen LogP contribution in [0.1, 0.15) is 38.3 Å². The smallest absolute Gasteiger partial charge is 0.0229 e. The molecule has 0 spiro atoms. The van der Waals surface area contributed by atoms with E-state index < -0.39 is 0 Å². The van der Waals surface area contributed by atoms with Crippen LogP contribution in [-0.2, 0) is 5.41 Å². The maximum atomic E-state index is 2.53. The molecule has 1 aromatic rings. The van der Waals surface area contributed by atoms with Gasteiger partial charge in [0, 0.05) is 25.7 Å². The van der Waals surface area contributed by atoms with Gasteiger partial charge in [-0.2, -0.15) is 0 Å². The SMILES string of the molecule is CN(C)C1CCN(C/C=C/c2ccc(C(C)(C)C)cc2)C1. The van der Waals surface area contributed by atoms with Gasteiger partial charge in [-0.15, -0.1) is 0 Å². The third kappa shape index (κ3) is 4.69. The highest BCUT2D eigenvalue weighted by molar-refractivity contribution is 5.50. The number of rotatable bonds is 4. The molecule has 1 aromatic carbocycles. The van der Waals surface area contributed by atoms with Crippen molar-refractivity contribution in [1.82, 2.24) is 9.80 Å². The van der Waals surface area contributed by atoms with Gasteiger partial charge in [0.05, 0.1) is 0 Å². The molecule has 0 aliphatic carbocycles. The first-order chi connectivity index (χ1) is 9.86. The number of nitrogens with zero attached hydrogens (tertiary/aromatic N) is 2. The Hall–Kier alpha value is -1.12. The summed E-state index contributed by atoms with van der Waals surface area (Å²) in [5, 5.41) is 0. The van der Waals surface area contributed by atoms with Crippen molar-refractivity contribution in [2.24, 2.45) is 0 Å². The molecule has 0 N–H and O–H groups in total. The zero-order valence-corrected chi connectivity index (χ0v) is 14.3. The minimum Gasteiger partial charge on any atom is -0.305 e. The first-order valence-corrected chi connectivity index (χ1v) is 8.02. The van der Waals surface area contributed by atoms with E-state index in [1.54, 1.807) is 0 Å². The molecule has 2 heteroatoms. The monoisotopic (exact) mass is 286 g/mol. The van der Waals surface area contributed by atoms with E-state index in [0.717, 1.165) is 12.6 Å². The lowest BCUT2D eigenvalue weighted by atomic mass is 9.87. The van der Waals surface area contributed by atoms with Crippen LogP contribution in [-0.4, -0.2) is 49.6 Å². The standard InChI is InChI=1S/C19H30N2/c1-19(2,3)17-10-8-16(9-11-17)7-6-13-21-14-12-18(15-21)20(4)5/h6-11,18H,12-15H2,1-5H3/b7-6+. The van der Waals surface area contributed by atoms with E-state index in [9.17, 15) is 0 Å². The van der Waals surface area contributed by atoms with Crippen molar-refractivity contribution in [3.63, 3.8) is 0 Å². The zero-order chi connectivity index (χ0) is 15.5. The Morgan fingerprint density at radius 1 is 1.19 bits per heavy atom. The van der Waals surface area contributed by atoms with Crippen molar-refractivity contribution in [1.29, 1.82) is 0 Å². The lowest BCUT2D eigenvalue weighted by Crippen LogP contribution is -2.31. The van der Waals surface area contributed by atoms with Crippen molar-refractivity contribution < 1.29 is 0 Å². The molecule has 1 aliphatic heterocycles. The van der Waals surface area contributed by atoms with Gasteiger partial charge in [-0.1, -0.05) is 57.2 Å². The molecule has 1 heterocycles. The average molecular weight is 286 g/mol. The molecule has 0 bridgehead atoms. The topological polar surface area (TPSA) is 6.48 Å². The Morgan fingerprint density at radius 2 is 1.86 bits per heavy atom. The molecule has 0 saturated carbocycles. The minimum absolute atomic E-state index is 0.235. The van der Waals surface area contributed by atoms with Gasteiger partial charge >= 0.3 is 0 Å². The first-order valence-electron chi connectivity index (χ1n) is 8.02. The second-order valence-corrected chi connectivity index (χ2v) is 7.44. The molecule has 1 aliphatic rings. The van der Waals surface area contributed by atoms with E-state index in [-0.39, 0.29) is 5.41 Å². The Balaban J connectivity index is 1.85. The molecule has 1 saturated heterocycles. The highest BCUT2D eigenvalue weighted by Gasteiger charge is 2.22. The molecule has 1 unspecified atom stereocenters. The summed E-state index contributed by atoms with van der Waals surface area (Å²) in [5.41, 5.74) is 2.93. The van der Waals surface area contributed by atoms with Gasteiger partial charge in [0.25, 0.3) is 0 Å². The fraction of sp³-hybridized carbons (Fsp3) is 0.579. The number of hydrogen-bond acceptors (Lipinski definition) is 2. The Kier molecular flexibility index (Phi) is 5.23. The van der Waals surface area contributed by atoms with Crippen LogP contribution in [0.3, 0.4) is 0 Å². The molecular weight excluding hydrogens is 256 g/mol. The first kappa shape index (κ1) is 16.3. The van der Waals surface area contributed by atoms with Crippen molar-refractivity contribution >= 4 is 6.08 Å². The molecule has 0 aromatic heterocycles. The summed E-state index contributed by atoms with van der Waals surface area (Å²) in [6, 6.07) is 9.67. The van der Waals surface area contributed by atoms with Gasteiger partial charge in [0.15, 0.2) is 0 Å². The van der Waals surface area contributed by atoms with Gasteiger partial charge in [0.1, 0.15) is 0 Å². The van der Waals surface area contributed by atoms with Crippen LogP contribution in [0.25, 0.3) is 6.08 Å². The molecule has 0 radical (unpaired) electrons. The molecule has 21 heavy (non-hydrogen) atoms. The molecule has 2 rings (SSSR count). The van der Waals surface area contributed by atoms with Crippen LogP contribution < -0.4 is 0 Å². The van der Waals surface area contributed by atoms with Crippen LogP contribution in [0, 0.1) is 0 Å². The summed E-state index contributed by atoms with van der Waals surface area (Å²) in [6.45, 7) is 10.2. The fourth-order valence-corrected chi connectivity index (χ4v) is 2.83. The maximum absolute atomic E-state index is 2.53. The van der Waals surface area contributed by atoms with Gasteiger partial charge in [-0.25, -0.2) is 0 Å². The van der Waals surface area contributed by atoms with Gasteiger partial charge < -0.3 is 4.90 Å². The maximum Gasteiger partial charge on any atom is 0.0229 e. The van der Waals surface area contributed by atoms with Crippen LogP contribution in [0.4, 0.5) is 0 Å². The number of likely N-dealkylation sites (N-methyl/N-ethyl adjacent to an activating group) is 1. The van der Waals surface area contributed by atoms with E-state index in [1.165, 1.54) is 30.6 Å². The summed E-state index contributed by atoms with van der Waals surface area (Å²) in [4.78, 5) is 4.87. The summed E-state index contributed by atoms with van der Waals surface area (Å²) in [6.07, 6.45) is 5.83.